The highest BCUT2D eigenvalue weighted by Crippen LogP contribution is 2.28. The number of hydrogen-bond acceptors (Lipinski definition) is 0. The van der Waals surface area contributed by atoms with E-state index in [-0.39, 0.29) is 9.52 Å². The number of rotatable bonds is 2. The van der Waals surface area contributed by atoms with E-state index < -0.39 is 0 Å². The van der Waals surface area contributed by atoms with E-state index in [4.69, 9.17) is 0 Å². The molecule has 16 heavy (non-hydrogen) atoms. The van der Waals surface area contributed by atoms with Crippen LogP contribution in [0.3, 0.4) is 0 Å². The van der Waals surface area contributed by atoms with Crippen LogP contribution in [0.2, 0.25) is 5.54 Å². The lowest BCUT2D eigenvalue weighted by Crippen LogP contribution is -2.19. The van der Waals surface area contributed by atoms with Gasteiger partial charge in [-0.05, 0) is 33.2 Å². The number of allylic oxidation sites excluding steroid dienone is 4. The fraction of sp³-hybridized carbons (Fsp3) is 0.333. The fourth-order valence-electron chi connectivity index (χ4n) is 2.49. The van der Waals surface area contributed by atoms with Crippen molar-refractivity contribution in [3.63, 3.8) is 0 Å². The maximum Gasteiger partial charge on any atom is 0.0667 e. The molecule has 84 valence electrons. The van der Waals surface area contributed by atoms with E-state index in [1.807, 2.05) is 0 Å². The second kappa shape index (κ2) is 4.42. The first-order valence-corrected chi connectivity index (χ1v) is 7.51. The molecule has 1 unspecified atom stereocenters. The van der Waals surface area contributed by atoms with E-state index >= 15 is 0 Å². The van der Waals surface area contributed by atoms with Crippen molar-refractivity contribution in [2.45, 2.75) is 33.2 Å². The van der Waals surface area contributed by atoms with Gasteiger partial charge in [0.05, 0.1) is 9.52 Å². The Hall–Kier alpha value is -1.08. The molecule has 2 rings (SSSR count). The number of benzene rings is 1. The van der Waals surface area contributed by atoms with Crippen LogP contribution in [0.25, 0.3) is 0 Å². The maximum absolute atomic E-state index is 2.40. The van der Waals surface area contributed by atoms with Crippen molar-refractivity contribution in [1.29, 1.82) is 0 Å². The summed E-state index contributed by atoms with van der Waals surface area (Å²) in [6.07, 6.45) is 4.68. The van der Waals surface area contributed by atoms with Gasteiger partial charge in [0.15, 0.2) is 0 Å². The molecule has 0 saturated heterocycles. The zero-order valence-corrected chi connectivity index (χ0v) is 12.1. The fourth-order valence-corrected chi connectivity index (χ4v) is 4.78. The van der Waals surface area contributed by atoms with Crippen LogP contribution in [-0.4, -0.2) is 9.52 Å². The van der Waals surface area contributed by atoms with Crippen LogP contribution >= 0.6 is 0 Å². The summed E-state index contributed by atoms with van der Waals surface area (Å²) in [7, 11) is -0.202. The van der Waals surface area contributed by atoms with Gasteiger partial charge in [-0.3, -0.25) is 0 Å². The molecule has 0 nitrogen and oxygen atoms in total. The molecule has 0 amide bonds. The van der Waals surface area contributed by atoms with Crippen LogP contribution in [0, 0.1) is 13.8 Å². The third-order valence-corrected chi connectivity index (χ3v) is 5.70. The third kappa shape index (κ3) is 2.35. The molecule has 1 aromatic rings. The standard InChI is InChI=1S/C15H20Si/c1-10-7-11(2)9-14(8-10)16-15-6-5-12(3)13(15)4/h5-9,15H,16H2,1-4H3. The Balaban J connectivity index is 2.19. The summed E-state index contributed by atoms with van der Waals surface area (Å²) < 4.78 is 0. The number of hydrogen-bond donors (Lipinski definition) is 0. The molecule has 0 radical (unpaired) electrons. The highest BCUT2D eigenvalue weighted by Gasteiger charge is 2.15. The molecule has 0 N–H and O–H groups in total. The summed E-state index contributed by atoms with van der Waals surface area (Å²) in [5.74, 6) is 0. The number of aryl methyl sites for hydroxylation is 2. The first-order valence-electron chi connectivity index (χ1n) is 5.99. The van der Waals surface area contributed by atoms with Crippen LogP contribution in [-0.2, 0) is 0 Å². The van der Waals surface area contributed by atoms with E-state index in [9.17, 15) is 0 Å². The summed E-state index contributed by atoms with van der Waals surface area (Å²) in [4.78, 5) is 0. The summed E-state index contributed by atoms with van der Waals surface area (Å²) in [6, 6.07) is 7.00. The molecule has 0 aromatic heterocycles. The average Bonchev–Trinajstić information content (AvgIpc) is 2.48. The molecule has 0 aliphatic heterocycles. The molecule has 1 aliphatic carbocycles. The van der Waals surface area contributed by atoms with E-state index in [0.29, 0.717) is 0 Å². The average molecular weight is 228 g/mol. The zero-order chi connectivity index (χ0) is 11.7. The molecule has 0 bridgehead atoms. The van der Waals surface area contributed by atoms with E-state index in [0.717, 1.165) is 5.54 Å². The van der Waals surface area contributed by atoms with Crippen molar-refractivity contribution in [3.8, 4) is 0 Å². The third-order valence-electron chi connectivity index (χ3n) is 3.49. The molecule has 1 aromatic carbocycles. The highest BCUT2D eigenvalue weighted by atomic mass is 28.2. The zero-order valence-electron chi connectivity index (χ0n) is 10.7. The monoisotopic (exact) mass is 228 g/mol. The van der Waals surface area contributed by atoms with Gasteiger partial charge in [-0.15, -0.1) is 0 Å². The minimum Gasteiger partial charge on any atom is -0.0801 e. The molecule has 0 saturated carbocycles. The Morgan fingerprint density at radius 1 is 0.938 bits per heavy atom. The minimum absolute atomic E-state index is 0.202. The lowest BCUT2D eigenvalue weighted by atomic mass is 10.2. The molecule has 1 heteroatoms. The van der Waals surface area contributed by atoms with Gasteiger partial charge in [-0.2, -0.15) is 0 Å². The van der Waals surface area contributed by atoms with E-state index in [1.165, 1.54) is 16.7 Å². The minimum atomic E-state index is -0.202. The van der Waals surface area contributed by atoms with Gasteiger partial charge in [0.1, 0.15) is 0 Å². The summed E-state index contributed by atoms with van der Waals surface area (Å²) in [5, 5.41) is 1.60. The second-order valence-corrected chi connectivity index (χ2v) is 7.14. The first-order chi connectivity index (χ1) is 7.56. The van der Waals surface area contributed by atoms with Gasteiger partial charge in [0, 0.05) is 0 Å². The Morgan fingerprint density at radius 3 is 2.06 bits per heavy atom. The predicted molar refractivity (Wildman–Crippen MR) is 75.4 cm³/mol. The maximum atomic E-state index is 2.40. The Labute approximate surface area is 101 Å². The van der Waals surface area contributed by atoms with Crippen molar-refractivity contribution < 1.29 is 0 Å². The van der Waals surface area contributed by atoms with E-state index in [2.05, 4.69) is 58.0 Å². The Kier molecular flexibility index (Phi) is 3.15. The topological polar surface area (TPSA) is 0 Å². The predicted octanol–water partition coefficient (Wildman–Crippen LogP) is 2.79. The Bertz CT molecular complexity index is 446. The Morgan fingerprint density at radius 2 is 1.56 bits per heavy atom. The lowest BCUT2D eigenvalue weighted by Gasteiger charge is -2.11. The SMILES string of the molecule is CC1=C(C)C([SiH2]c2cc(C)cc(C)c2)C=C1. The summed E-state index contributed by atoms with van der Waals surface area (Å²) >= 11 is 0. The molecule has 0 fully saturated rings. The van der Waals surface area contributed by atoms with Gasteiger partial charge in [-0.1, -0.05) is 57.8 Å². The van der Waals surface area contributed by atoms with Crippen LogP contribution in [0.5, 0.6) is 0 Å². The van der Waals surface area contributed by atoms with Gasteiger partial charge in [0.2, 0.25) is 0 Å². The second-order valence-electron chi connectivity index (χ2n) is 5.03. The van der Waals surface area contributed by atoms with Gasteiger partial charge >= 0.3 is 0 Å². The highest BCUT2D eigenvalue weighted by molar-refractivity contribution is 6.56. The molecule has 0 heterocycles. The van der Waals surface area contributed by atoms with Crippen molar-refractivity contribution >= 4 is 14.7 Å². The summed E-state index contributed by atoms with van der Waals surface area (Å²) in [5.41, 5.74) is 6.62. The van der Waals surface area contributed by atoms with Crippen LogP contribution in [0.1, 0.15) is 25.0 Å². The molecule has 1 atom stereocenters. The molecule has 0 spiro atoms. The van der Waals surface area contributed by atoms with Gasteiger partial charge in [-0.25, -0.2) is 0 Å². The van der Waals surface area contributed by atoms with Crippen LogP contribution < -0.4 is 5.19 Å². The quantitative estimate of drug-likeness (QED) is 0.683. The van der Waals surface area contributed by atoms with Gasteiger partial charge in [0.25, 0.3) is 0 Å². The van der Waals surface area contributed by atoms with Crippen molar-refractivity contribution in [2.24, 2.45) is 0 Å². The lowest BCUT2D eigenvalue weighted by molar-refractivity contribution is 1.20. The van der Waals surface area contributed by atoms with Crippen molar-refractivity contribution in [1.82, 2.24) is 0 Å². The van der Waals surface area contributed by atoms with Crippen LogP contribution in [0.15, 0.2) is 41.5 Å². The normalized spacial score (nSPS) is 20.4. The van der Waals surface area contributed by atoms with Crippen molar-refractivity contribution in [2.75, 3.05) is 0 Å². The van der Waals surface area contributed by atoms with Crippen LogP contribution in [0.4, 0.5) is 0 Å². The van der Waals surface area contributed by atoms with Crippen molar-refractivity contribution in [3.05, 3.63) is 52.6 Å². The molecular formula is C15H20Si. The molecular weight excluding hydrogens is 208 g/mol. The first kappa shape index (κ1) is 11.4. The molecule has 1 aliphatic rings. The van der Waals surface area contributed by atoms with E-state index in [1.54, 1.807) is 10.8 Å². The van der Waals surface area contributed by atoms with Gasteiger partial charge < -0.3 is 0 Å². The summed E-state index contributed by atoms with van der Waals surface area (Å²) in [6.45, 7) is 8.91. The smallest absolute Gasteiger partial charge is 0.0667 e. The largest absolute Gasteiger partial charge is 0.0801 e.